The molecule has 0 saturated heterocycles. The maximum Gasteiger partial charge on any atom is 0.445 e. The van der Waals surface area contributed by atoms with Gasteiger partial charge >= 0.3 is 6.18 Å². The van der Waals surface area contributed by atoms with E-state index in [1.165, 1.54) is 24.3 Å². The lowest BCUT2D eigenvalue weighted by Gasteiger charge is -2.19. The van der Waals surface area contributed by atoms with E-state index in [2.05, 4.69) is 4.74 Å². The summed E-state index contributed by atoms with van der Waals surface area (Å²) in [5, 5.41) is 0. The zero-order valence-corrected chi connectivity index (χ0v) is 8.45. The highest BCUT2D eigenvalue weighted by Crippen LogP contribution is 2.29. The van der Waals surface area contributed by atoms with Crippen LogP contribution in [0.25, 0.3) is 0 Å². The number of carbonyl (C=O) groups excluding carboxylic acids is 1. The summed E-state index contributed by atoms with van der Waals surface area (Å²) in [4.78, 5) is 10.9. The average molecular weight is 251 g/mol. The van der Waals surface area contributed by atoms with Crippen molar-refractivity contribution in [2.45, 2.75) is 18.6 Å². The molecule has 0 fully saturated rings. The van der Waals surface area contributed by atoms with Gasteiger partial charge in [0.05, 0.1) is 0 Å². The fourth-order valence-corrected chi connectivity index (χ4v) is 1.13. The largest absolute Gasteiger partial charge is 0.445 e. The predicted molar refractivity (Wildman–Crippen MR) is 50.4 cm³/mol. The molecule has 0 aliphatic carbocycles. The van der Waals surface area contributed by atoms with Crippen LogP contribution in [0.1, 0.15) is 11.7 Å². The minimum atomic E-state index is -5.19. The van der Waals surface area contributed by atoms with Gasteiger partial charge in [-0.25, -0.2) is 4.39 Å². The van der Waals surface area contributed by atoms with E-state index in [1.54, 1.807) is 6.07 Å². The van der Waals surface area contributed by atoms with Gasteiger partial charge in [-0.05, 0) is 5.56 Å². The van der Waals surface area contributed by atoms with E-state index >= 15 is 0 Å². The molecule has 0 spiro atoms. The SMILES string of the molecule is NC(=O)C(OC(F)C(F)(F)F)c1ccccc1. The highest BCUT2D eigenvalue weighted by atomic mass is 19.4. The fourth-order valence-electron chi connectivity index (χ4n) is 1.13. The second kappa shape index (κ2) is 5.13. The second-order valence-electron chi connectivity index (χ2n) is 3.19. The van der Waals surface area contributed by atoms with Gasteiger partial charge in [0.15, 0.2) is 6.10 Å². The van der Waals surface area contributed by atoms with Gasteiger partial charge in [-0.2, -0.15) is 13.2 Å². The van der Waals surface area contributed by atoms with Crippen molar-refractivity contribution in [2.75, 3.05) is 0 Å². The zero-order valence-electron chi connectivity index (χ0n) is 8.45. The number of nitrogens with two attached hydrogens (primary N) is 1. The topological polar surface area (TPSA) is 52.3 Å². The van der Waals surface area contributed by atoms with Gasteiger partial charge in [0, 0.05) is 0 Å². The van der Waals surface area contributed by atoms with Crippen molar-refractivity contribution in [2.24, 2.45) is 5.73 Å². The second-order valence-corrected chi connectivity index (χ2v) is 3.19. The monoisotopic (exact) mass is 251 g/mol. The normalized spacial score (nSPS) is 15.3. The van der Waals surface area contributed by atoms with Gasteiger partial charge in [0.25, 0.3) is 12.3 Å². The van der Waals surface area contributed by atoms with Crippen LogP contribution in [0.3, 0.4) is 0 Å². The smallest absolute Gasteiger partial charge is 0.367 e. The molecule has 1 aromatic carbocycles. The number of ether oxygens (including phenoxy) is 1. The Morgan fingerprint density at radius 3 is 2.18 bits per heavy atom. The minimum Gasteiger partial charge on any atom is -0.367 e. The Morgan fingerprint density at radius 1 is 1.24 bits per heavy atom. The number of primary amides is 1. The molecule has 0 heterocycles. The van der Waals surface area contributed by atoms with Crippen molar-refractivity contribution in [3.63, 3.8) is 0 Å². The van der Waals surface area contributed by atoms with E-state index in [0.717, 1.165) is 0 Å². The lowest BCUT2D eigenvalue weighted by atomic mass is 10.1. The Hall–Kier alpha value is -1.63. The van der Waals surface area contributed by atoms with Gasteiger partial charge in [0.2, 0.25) is 0 Å². The van der Waals surface area contributed by atoms with Gasteiger partial charge < -0.3 is 10.5 Å². The first kappa shape index (κ1) is 13.4. The summed E-state index contributed by atoms with van der Waals surface area (Å²) in [5.74, 6) is -1.19. The van der Waals surface area contributed by atoms with Crippen molar-refractivity contribution in [3.05, 3.63) is 35.9 Å². The molecule has 0 aliphatic rings. The number of benzene rings is 1. The highest BCUT2D eigenvalue weighted by Gasteiger charge is 2.43. The van der Waals surface area contributed by atoms with Crippen molar-refractivity contribution >= 4 is 5.91 Å². The molecular formula is C10H9F4NO2. The molecule has 17 heavy (non-hydrogen) atoms. The summed E-state index contributed by atoms with van der Waals surface area (Å²) in [7, 11) is 0. The summed E-state index contributed by atoms with van der Waals surface area (Å²) in [6, 6.07) is 7.15. The Morgan fingerprint density at radius 2 is 1.76 bits per heavy atom. The summed E-state index contributed by atoms with van der Waals surface area (Å²) < 4.78 is 52.5. The van der Waals surface area contributed by atoms with E-state index in [1.807, 2.05) is 0 Å². The first-order valence-corrected chi connectivity index (χ1v) is 4.53. The van der Waals surface area contributed by atoms with Gasteiger partial charge in [-0.1, -0.05) is 30.3 Å². The van der Waals surface area contributed by atoms with Crippen molar-refractivity contribution in [1.29, 1.82) is 0 Å². The lowest BCUT2D eigenvalue weighted by Crippen LogP contribution is -2.33. The lowest BCUT2D eigenvalue weighted by molar-refractivity contribution is -0.275. The number of hydrogen-bond donors (Lipinski definition) is 1. The summed E-state index contributed by atoms with van der Waals surface area (Å²) in [6.45, 7) is 0. The zero-order chi connectivity index (χ0) is 13.1. The number of hydrogen-bond acceptors (Lipinski definition) is 2. The molecule has 1 aromatic rings. The van der Waals surface area contributed by atoms with Gasteiger partial charge in [0.1, 0.15) is 0 Å². The Balaban J connectivity index is 2.86. The molecule has 1 amide bonds. The predicted octanol–water partition coefficient (Wildman–Crippen LogP) is 2.09. The summed E-state index contributed by atoms with van der Waals surface area (Å²) in [6.07, 6.45) is -10.5. The number of alkyl halides is 4. The van der Waals surface area contributed by atoms with Gasteiger partial charge in [-0.15, -0.1) is 0 Å². The number of halogens is 4. The number of amides is 1. The van der Waals surface area contributed by atoms with Crippen LogP contribution in [-0.2, 0) is 9.53 Å². The van der Waals surface area contributed by atoms with Crippen LogP contribution in [0.4, 0.5) is 17.6 Å². The Labute approximate surface area is 94.2 Å². The summed E-state index contributed by atoms with van der Waals surface area (Å²) >= 11 is 0. The van der Waals surface area contributed by atoms with Crippen LogP contribution in [0.2, 0.25) is 0 Å². The van der Waals surface area contributed by atoms with Crippen LogP contribution in [0, 0.1) is 0 Å². The molecule has 2 atom stereocenters. The van der Waals surface area contributed by atoms with Crippen LogP contribution in [-0.4, -0.2) is 18.4 Å². The van der Waals surface area contributed by atoms with E-state index in [4.69, 9.17) is 5.73 Å². The summed E-state index contributed by atoms with van der Waals surface area (Å²) in [5.41, 5.74) is 4.92. The highest BCUT2D eigenvalue weighted by molar-refractivity contribution is 5.80. The van der Waals surface area contributed by atoms with E-state index in [-0.39, 0.29) is 5.56 Å². The third-order valence-electron chi connectivity index (χ3n) is 1.87. The first-order chi connectivity index (χ1) is 7.82. The van der Waals surface area contributed by atoms with E-state index in [9.17, 15) is 22.4 Å². The Bertz CT molecular complexity index is 380. The van der Waals surface area contributed by atoms with Crippen molar-refractivity contribution in [3.8, 4) is 0 Å². The maximum atomic E-state index is 12.7. The molecule has 94 valence electrons. The van der Waals surface area contributed by atoms with Crippen molar-refractivity contribution in [1.82, 2.24) is 0 Å². The molecule has 0 radical (unpaired) electrons. The Kier molecular flexibility index (Phi) is 4.06. The first-order valence-electron chi connectivity index (χ1n) is 4.53. The molecule has 3 nitrogen and oxygen atoms in total. The fraction of sp³-hybridized carbons (Fsp3) is 0.300. The van der Waals surface area contributed by atoms with Crippen LogP contribution >= 0.6 is 0 Å². The van der Waals surface area contributed by atoms with E-state index in [0.29, 0.717) is 0 Å². The molecule has 0 aliphatic heterocycles. The van der Waals surface area contributed by atoms with Crippen LogP contribution in [0.5, 0.6) is 0 Å². The molecule has 2 unspecified atom stereocenters. The molecule has 2 N–H and O–H groups in total. The third-order valence-corrected chi connectivity index (χ3v) is 1.87. The molecule has 0 saturated carbocycles. The van der Waals surface area contributed by atoms with Crippen LogP contribution in [0.15, 0.2) is 30.3 Å². The van der Waals surface area contributed by atoms with Crippen molar-refractivity contribution < 1.29 is 27.1 Å². The molecule has 0 bridgehead atoms. The standard InChI is InChI=1S/C10H9F4NO2/c11-9(10(12,13)14)17-7(8(15)16)6-4-2-1-3-5-6/h1-5,7,9H,(H2,15,16). The molecule has 1 rings (SSSR count). The van der Waals surface area contributed by atoms with Crippen LogP contribution < -0.4 is 5.73 Å². The average Bonchev–Trinajstić information content (AvgIpc) is 2.25. The maximum absolute atomic E-state index is 12.7. The molecular weight excluding hydrogens is 242 g/mol. The third kappa shape index (κ3) is 3.70. The molecule has 7 heteroatoms. The number of carbonyl (C=O) groups is 1. The van der Waals surface area contributed by atoms with E-state index < -0.39 is 24.5 Å². The van der Waals surface area contributed by atoms with Gasteiger partial charge in [-0.3, -0.25) is 4.79 Å². The molecule has 0 aromatic heterocycles. The number of rotatable bonds is 4. The quantitative estimate of drug-likeness (QED) is 0.833. The minimum absolute atomic E-state index is 0.0619.